The fourth-order valence-electron chi connectivity index (χ4n) is 3.95. The maximum atomic E-state index is 13.2. The summed E-state index contributed by atoms with van der Waals surface area (Å²) in [6.45, 7) is 0.639. The van der Waals surface area contributed by atoms with Gasteiger partial charge >= 0.3 is 6.03 Å². The van der Waals surface area contributed by atoms with Gasteiger partial charge in [-0.3, -0.25) is 14.9 Å². The monoisotopic (exact) mass is 650 g/mol. The van der Waals surface area contributed by atoms with Crippen molar-refractivity contribution < 1.29 is 23.9 Å². The molecule has 0 atom stereocenters. The van der Waals surface area contributed by atoms with Crippen molar-refractivity contribution in [2.45, 2.75) is 13.2 Å². The van der Waals surface area contributed by atoms with Crippen LogP contribution >= 0.6 is 39.1 Å². The van der Waals surface area contributed by atoms with E-state index in [1.807, 2.05) is 30.3 Å². The van der Waals surface area contributed by atoms with E-state index in [0.717, 1.165) is 20.5 Å². The third-order valence-electron chi connectivity index (χ3n) is 6.10. The lowest BCUT2D eigenvalue weighted by Gasteiger charge is -2.26. The van der Waals surface area contributed by atoms with E-state index in [0.29, 0.717) is 39.4 Å². The molecule has 0 radical (unpaired) electrons. The first kappa shape index (κ1) is 28.4. The molecular weight excluding hydrogens is 631 g/mol. The molecule has 5 rings (SSSR count). The second-order valence-corrected chi connectivity index (χ2v) is 10.7. The zero-order valence-corrected chi connectivity index (χ0v) is 24.4. The molecule has 1 heterocycles. The van der Waals surface area contributed by atoms with E-state index in [9.17, 15) is 14.4 Å². The summed E-state index contributed by atoms with van der Waals surface area (Å²) in [7, 11) is 0. The number of hydrogen-bond acceptors (Lipinski definition) is 5. The van der Waals surface area contributed by atoms with Crippen molar-refractivity contribution in [1.82, 2.24) is 5.32 Å². The van der Waals surface area contributed by atoms with Crippen LogP contribution < -0.4 is 19.7 Å². The Balaban J connectivity index is 1.25. The number of amides is 4. The molecule has 0 saturated carbocycles. The lowest BCUT2D eigenvalue weighted by Crippen LogP contribution is -2.54. The number of rotatable bonds is 8. The zero-order chi connectivity index (χ0) is 28.9. The van der Waals surface area contributed by atoms with E-state index in [2.05, 4.69) is 21.2 Å². The number of carbonyl (C=O) groups excluding carboxylic acids is 3. The fourth-order valence-corrected chi connectivity index (χ4v) is 4.54. The first-order chi connectivity index (χ1) is 19.8. The Labute approximate surface area is 254 Å². The maximum Gasteiger partial charge on any atom is 0.335 e. The largest absolute Gasteiger partial charge is 0.489 e. The van der Waals surface area contributed by atoms with Crippen LogP contribution in [0, 0.1) is 0 Å². The lowest BCUT2D eigenvalue weighted by molar-refractivity contribution is -0.122. The van der Waals surface area contributed by atoms with E-state index < -0.39 is 17.8 Å². The van der Waals surface area contributed by atoms with E-state index in [1.54, 1.807) is 60.7 Å². The van der Waals surface area contributed by atoms with Gasteiger partial charge in [0.05, 0.1) is 15.7 Å². The summed E-state index contributed by atoms with van der Waals surface area (Å²) in [4.78, 5) is 39.3. The van der Waals surface area contributed by atoms with Crippen molar-refractivity contribution in [3.05, 3.63) is 128 Å². The van der Waals surface area contributed by atoms with Gasteiger partial charge in [0.25, 0.3) is 11.8 Å². The van der Waals surface area contributed by atoms with Gasteiger partial charge < -0.3 is 9.47 Å². The Hall–Kier alpha value is -4.11. The van der Waals surface area contributed by atoms with Crippen molar-refractivity contribution >= 4 is 68.7 Å². The Bertz CT molecular complexity index is 1640. The number of urea groups is 1. The second kappa shape index (κ2) is 12.6. The van der Waals surface area contributed by atoms with Gasteiger partial charge in [-0.25, -0.2) is 9.69 Å². The Kier molecular flexibility index (Phi) is 8.73. The highest BCUT2D eigenvalue weighted by Gasteiger charge is 2.36. The smallest absolute Gasteiger partial charge is 0.335 e. The minimum Gasteiger partial charge on any atom is -0.489 e. The van der Waals surface area contributed by atoms with Crippen LogP contribution in [0.5, 0.6) is 11.5 Å². The topological polar surface area (TPSA) is 84.9 Å². The predicted octanol–water partition coefficient (Wildman–Crippen LogP) is 7.58. The number of nitrogens with zero attached hydrogens (tertiary/aromatic N) is 1. The van der Waals surface area contributed by atoms with Gasteiger partial charge in [-0.2, -0.15) is 0 Å². The first-order valence-electron chi connectivity index (χ1n) is 12.3. The first-order valence-corrected chi connectivity index (χ1v) is 13.9. The third-order valence-corrected chi connectivity index (χ3v) is 7.36. The molecule has 4 aromatic rings. The number of imide groups is 2. The van der Waals surface area contributed by atoms with Crippen molar-refractivity contribution in [2.75, 3.05) is 4.90 Å². The molecule has 0 unspecified atom stereocenters. The summed E-state index contributed by atoms with van der Waals surface area (Å²) >= 11 is 15.4. The highest BCUT2D eigenvalue weighted by molar-refractivity contribution is 9.10. The number of halogens is 3. The summed E-state index contributed by atoms with van der Waals surface area (Å²) in [5, 5.41) is 3.14. The molecular formula is C31H21BrCl2N2O5. The molecule has 4 aromatic carbocycles. The molecule has 0 bridgehead atoms. The van der Waals surface area contributed by atoms with Gasteiger partial charge in [0.2, 0.25) is 0 Å². The quantitative estimate of drug-likeness (QED) is 0.157. The van der Waals surface area contributed by atoms with Crippen molar-refractivity contribution in [1.29, 1.82) is 0 Å². The van der Waals surface area contributed by atoms with Crippen LogP contribution in [-0.4, -0.2) is 17.8 Å². The summed E-state index contributed by atoms with van der Waals surface area (Å²) < 4.78 is 12.6. The van der Waals surface area contributed by atoms with Crippen LogP contribution in [0.25, 0.3) is 6.08 Å². The fraction of sp³-hybridized carbons (Fsp3) is 0.0645. The van der Waals surface area contributed by atoms with Crippen LogP contribution in [0.4, 0.5) is 10.5 Å². The van der Waals surface area contributed by atoms with Crippen LogP contribution in [0.3, 0.4) is 0 Å². The number of nitrogens with one attached hydrogen (secondary N) is 1. The van der Waals surface area contributed by atoms with Crippen LogP contribution in [0.1, 0.15) is 16.7 Å². The van der Waals surface area contributed by atoms with E-state index in [-0.39, 0.29) is 12.2 Å². The number of carbonyl (C=O) groups is 3. The third kappa shape index (κ3) is 6.97. The molecule has 0 aromatic heterocycles. The molecule has 1 N–H and O–H groups in total. The number of ether oxygens (including phenoxy) is 2. The van der Waals surface area contributed by atoms with Gasteiger partial charge in [0, 0.05) is 4.47 Å². The summed E-state index contributed by atoms with van der Waals surface area (Å²) in [6.07, 6.45) is 1.43. The average Bonchev–Trinajstić information content (AvgIpc) is 2.97. The average molecular weight is 652 g/mol. The number of anilines is 1. The van der Waals surface area contributed by atoms with Gasteiger partial charge in [0.15, 0.2) is 0 Å². The van der Waals surface area contributed by atoms with E-state index in [4.69, 9.17) is 32.7 Å². The SMILES string of the molecule is O=C1NC(=O)N(c2ccc(OCc3ccc(Br)cc3)cc2)C(=O)/C1=C/c1ccc(OCc2ccc(Cl)c(Cl)c2)cc1. The van der Waals surface area contributed by atoms with Crippen molar-refractivity contribution in [3.8, 4) is 11.5 Å². The standard InChI is InChI=1S/C31H21BrCl2N2O5/c32-22-6-1-20(2-7-22)17-40-25-12-8-23(9-13-25)36-30(38)26(29(37)35-31(36)39)15-19-3-10-24(11-4-19)41-18-21-5-14-27(33)28(34)16-21/h1-16H,17-18H2,(H,35,37,39)/b26-15+. The Morgan fingerprint density at radius 2 is 1.32 bits per heavy atom. The van der Waals surface area contributed by atoms with Gasteiger partial charge in [-0.1, -0.05) is 69.5 Å². The summed E-state index contributed by atoms with van der Waals surface area (Å²) in [5.74, 6) is -0.361. The maximum absolute atomic E-state index is 13.2. The van der Waals surface area contributed by atoms with Crippen molar-refractivity contribution in [3.63, 3.8) is 0 Å². The zero-order valence-electron chi connectivity index (χ0n) is 21.3. The normalized spacial score (nSPS) is 14.3. The molecule has 0 spiro atoms. The second-order valence-electron chi connectivity index (χ2n) is 8.97. The van der Waals surface area contributed by atoms with E-state index in [1.165, 1.54) is 6.08 Å². The number of hydrogen-bond donors (Lipinski definition) is 1. The Morgan fingerprint density at radius 1 is 0.732 bits per heavy atom. The lowest BCUT2D eigenvalue weighted by atomic mass is 10.1. The highest BCUT2D eigenvalue weighted by Crippen LogP contribution is 2.26. The molecule has 1 fully saturated rings. The van der Waals surface area contributed by atoms with Crippen LogP contribution in [-0.2, 0) is 22.8 Å². The predicted molar refractivity (Wildman–Crippen MR) is 161 cm³/mol. The van der Waals surface area contributed by atoms with E-state index >= 15 is 0 Å². The number of barbiturate groups is 1. The number of benzene rings is 4. The van der Waals surface area contributed by atoms with Gasteiger partial charge in [-0.05, 0) is 83.4 Å². The highest BCUT2D eigenvalue weighted by atomic mass is 79.9. The molecule has 1 aliphatic rings. The molecule has 0 aliphatic carbocycles. The summed E-state index contributed by atoms with van der Waals surface area (Å²) in [5.41, 5.74) is 2.54. The van der Waals surface area contributed by atoms with Crippen LogP contribution in [0.2, 0.25) is 10.0 Å². The molecule has 1 saturated heterocycles. The molecule has 206 valence electrons. The minimum atomic E-state index is -0.827. The summed E-state index contributed by atoms with van der Waals surface area (Å²) in [6, 6.07) is 25.5. The molecule has 41 heavy (non-hydrogen) atoms. The molecule has 1 aliphatic heterocycles. The van der Waals surface area contributed by atoms with Gasteiger partial charge in [-0.15, -0.1) is 0 Å². The van der Waals surface area contributed by atoms with Crippen molar-refractivity contribution in [2.24, 2.45) is 0 Å². The van der Waals surface area contributed by atoms with Crippen LogP contribution in [0.15, 0.2) is 101 Å². The minimum absolute atomic E-state index is 0.176. The van der Waals surface area contributed by atoms with Gasteiger partial charge in [0.1, 0.15) is 30.3 Å². The Morgan fingerprint density at radius 3 is 1.95 bits per heavy atom. The molecule has 7 nitrogen and oxygen atoms in total. The molecule has 10 heteroatoms. The molecule has 4 amide bonds.